The maximum atomic E-state index is 11.9. The van der Waals surface area contributed by atoms with Crippen LogP contribution in [-0.2, 0) is 4.74 Å². The largest absolute Gasteiger partial charge is 0.379 e. The number of carbonyl (C=O) groups excluding carboxylic acids is 1. The number of carbonyl (C=O) groups is 1. The molecule has 0 saturated carbocycles. The Labute approximate surface area is 125 Å². The molecular weight excluding hydrogens is 276 g/mol. The van der Waals surface area contributed by atoms with Gasteiger partial charge in [0.2, 0.25) is 0 Å². The third-order valence-electron chi connectivity index (χ3n) is 3.38. The zero-order chi connectivity index (χ0) is 14.2. The predicted octanol–water partition coefficient (Wildman–Crippen LogP) is 1.83. The van der Waals surface area contributed by atoms with Crippen LogP contribution in [-0.4, -0.2) is 56.6 Å². The van der Waals surface area contributed by atoms with E-state index in [1.54, 1.807) is 24.3 Å². The summed E-state index contributed by atoms with van der Waals surface area (Å²) in [5.74, 6) is 0.105. The zero-order valence-corrected chi connectivity index (χ0v) is 12.4. The first-order valence-corrected chi connectivity index (χ1v) is 7.43. The summed E-state index contributed by atoms with van der Waals surface area (Å²) >= 11 is 5.80. The van der Waals surface area contributed by atoms with Crippen LogP contribution in [0, 0.1) is 0 Å². The number of Topliss-reactive ketones (excluding diaryl/α,β-unsaturated/α-hetero) is 1. The highest BCUT2D eigenvalue weighted by molar-refractivity contribution is 6.30. The fourth-order valence-corrected chi connectivity index (χ4v) is 2.32. The highest BCUT2D eigenvalue weighted by Crippen LogP contribution is 2.09. The Hall–Kier alpha value is -0.940. The van der Waals surface area contributed by atoms with E-state index in [2.05, 4.69) is 10.2 Å². The molecule has 0 amide bonds. The highest BCUT2D eigenvalue weighted by atomic mass is 35.5. The lowest BCUT2D eigenvalue weighted by atomic mass is 10.1. The van der Waals surface area contributed by atoms with Crippen molar-refractivity contribution in [1.82, 2.24) is 10.2 Å². The minimum atomic E-state index is 0.105. The standard InChI is InChI=1S/C15H21ClN2O2/c16-14-4-2-13(3-5-14)15(19)12-17-6-1-7-18-8-10-20-11-9-18/h2-5,17H,1,6-12H2. The molecule has 110 valence electrons. The summed E-state index contributed by atoms with van der Waals surface area (Å²) in [5, 5.41) is 3.85. The van der Waals surface area contributed by atoms with E-state index in [1.807, 2.05) is 0 Å². The summed E-state index contributed by atoms with van der Waals surface area (Å²) in [6.45, 7) is 6.01. The second kappa shape index (κ2) is 8.37. The molecule has 2 rings (SSSR count). The van der Waals surface area contributed by atoms with Crippen LogP contribution in [0.15, 0.2) is 24.3 Å². The molecule has 0 unspecified atom stereocenters. The summed E-state index contributed by atoms with van der Waals surface area (Å²) in [7, 11) is 0. The van der Waals surface area contributed by atoms with Crippen molar-refractivity contribution in [2.75, 3.05) is 45.9 Å². The summed E-state index contributed by atoms with van der Waals surface area (Å²) < 4.78 is 5.30. The number of morpholine rings is 1. The fourth-order valence-electron chi connectivity index (χ4n) is 2.19. The molecule has 0 bridgehead atoms. The van der Waals surface area contributed by atoms with E-state index < -0.39 is 0 Å². The van der Waals surface area contributed by atoms with Crippen LogP contribution >= 0.6 is 11.6 Å². The molecule has 5 heteroatoms. The van der Waals surface area contributed by atoms with Crippen LogP contribution in [0.5, 0.6) is 0 Å². The quantitative estimate of drug-likeness (QED) is 0.616. The van der Waals surface area contributed by atoms with Crippen molar-refractivity contribution in [2.45, 2.75) is 6.42 Å². The second-order valence-corrected chi connectivity index (χ2v) is 5.35. The summed E-state index contributed by atoms with van der Waals surface area (Å²) in [6.07, 6.45) is 1.05. The Morgan fingerprint density at radius 3 is 2.65 bits per heavy atom. The zero-order valence-electron chi connectivity index (χ0n) is 11.6. The predicted molar refractivity (Wildman–Crippen MR) is 80.5 cm³/mol. The first-order valence-electron chi connectivity index (χ1n) is 7.05. The minimum absolute atomic E-state index is 0.105. The Morgan fingerprint density at radius 2 is 1.95 bits per heavy atom. The summed E-state index contributed by atoms with van der Waals surface area (Å²) in [6, 6.07) is 7.01. The Kier molecular flexibility index (Phi) is 6.47. The molecule has 0 spiro atoms. The van der Waals surface area contributed by atoms with Crippen molar-refractivity contribution in [3.05, 3.63) is 34.9 Å². The molecule has 0 aliphatic carbocycles. The van der Waals surface area contributed by atoms with Crippen LogP contribution in [0.2, 0.25) is 5.02 Å². The maximum absolute atomic E-state index is 11.9. The molecule has 1 aromatic carbocycles. The van der Waals surface area contributed by atoms with Crippen molar-refractivity contribution in [3.8, 4) is 0 Å². The number of ether oxygens (including phenoxy) is 1. The number of halogens is 1. The van der Waals surface area contributed by atoms with Crippen molar-refractivity contribution in [1.29, 1.82) is 0 Å². The van der Waals surface area contributed by atoms with Crippen molar-refractivity contribution in [3.63, 3.8) is 0 Å². The first kappa shape index (κ1) is 15.4. The molecule has 0 aromatic heterocycles. The van der Waals surface area contributed by atoms with Crippen LogP contribution in [0.4, 0.5) is 0 Å². The normalized spacial score (nSPS) is 16.2. The van der Waals surface area contributed by atoms with Crippen LogP contribution in [0.25, 0.3) is 0 Å². The van der Waals surface area contributed by atoms with E-state index >= 15 is 0 Å². The van der Waals surface area contributed by atoms with Gasteiger partial charge in [-0.05, 0) is 43.8 Å². The van der Waals surface area contributed by atoms with Crippen LogP contribution in [0.3, 0.4) is 0 Å². The van der Waals surface area contributed by atoms with Gasteiger partial charge in [-0.2, -0.15) is 0 Å². The lowest BCUT2D eigenvalue weighted by Crippen LogP contribution is -2.38. The van der Waals surface area contributed by atoms with E-state index in [1.165, 1.54) is 0 Å². The number of benzene rings is 1. The molecular formula is C15H21ClN2O2. The molecule has 1 aliphatic rings. The Balaban J connectivity index is 1.58. The average molecular weight is 297 g/mol. The summed E-state index contributed by atoms with van der Waals surface area (Å²) in [4.78, 5) is 14.3. The minimum Gasteiger partial charge on any atom is -0.379 e. The van der Waals surface area contributed by atoms with E-state index in [0.29, 0.717) is 17.1 Å². The van der Waals surface area contributed by atoms with Gasteiger partial charge in [0, 0.05) is 23.7 Å². The van der Waals surface area contributed by atoms with Gasteiger partial charge in [-0.1, -0.05) is 11.6 Å². The highest BCUT2D eigenvalue weighted by Gasteiger charge is 2.09. The van der Waals surface area contributed by atoms with Crippen LogP contribution in [0.1, 0.15) is 16.8 Å². The van der Waals surface area contributed by atoms with Crippen molar-refractivity contribution < 1.29 is 9.53 Å². The molecule has 0 radical (unpaired) electrons. The molecule has 1 heterocycles. The lowest BCUT2D eigenvalue weighted by Gasteiger charge is -2.26. The van der Waals surface area contributed by atoms with Gasteiger partial charge < -0.3 is 10.1 Å². The molecule has 0 atom stereocenters. The number of hydrogen-bond donors (Lipinski definition) is 1. The van der Waals surface area contributed by atoms with Gasteiger partial charge in [-0.3, -0.25) is 9.69 Å². The van der Waals surface area contributed by atoms with Gasteiger partial charge in [0.05, 0.1) is 19.8 Å². The van der Waals surface area contributed by atoms with Gasteiger partial charge in [0.15, 0.2) is 5.78 Å². The number of nitrogens with one attached hydrogen (secondary N) is 1. The van der Waals surface area contributed by atoms with Gasteiger partial charge >= 0.3 is 0 Å². The van der Waals surface area contributed by atoms with E-state index in [9.17, 15) is 4.79 Å². The fraction of sp³-hybridized carbons (Fsp3) is 0.533. The SMILES string of the molecule is O=C(CNCCCN1CCOCC1)c1ccc(Cl)cc1. The van der Waals surface area contributed by atoms with Gasteiger partial charge in [0.1, 0.15) is 0 Å². The molecule has 4 nitrogen and oxygen atoms in total. The lowest BCUT2D eigenvalue weighted by molar-refractivity contribution is 0.0375. The van der Waals surface area contributed by atoms with Gasteiger partial charge in [0.25, 0.3) is 0 Å². The van der Waals surface area contributed by atoms with Gasteiger partial charge in [-0.25, -0.2) is 0 Å². The van der Waals surface area contributed by atoms with Crippen molar-refractivity contribution in [2.24, 2.45) is 0 Å². The molecule has 1 fully saturated rings. The Bertz CT molecular complexity index is 416. The van der Waals surface area contributed by atoms with E-state index in [-0.39, 0.29) is 5.78 Å². The third kappa shape index (κ3) is 5.21. The Morgan fingerprint density at radius 1 is 1.25 bits per heavy atom. The molecule has 1 saturated heterocycles. The summed E-state index contributed by atoms with van der Waals surface area (Å²) in [5.41, 5.74) is 0.704. The topological polar surface area (TPSA) is 41.6 Å². The number of hydrogen-bond acceptors (Lipinski definition) is 4. The van der Waals surface area contributed by atoms with Gasteiger partial charge in [-0.15, -0.1) is 0 Å². The first-order chi connectivity index (χ1) is 9.75. The van der Waals surface area contributed by atoms with Crippen molar-refractivity contribution >= 4 is 17.4 Å². The average Bonchev–Trinajstić information content (AvgIpc) is 2.48. The molecule has 1 aromatic rings. The second-order valence-electron chi connectivity index (χ2n) is 4.91. The monoisotopic (exact) mass is 296 g/mol. The number of rotatable bonds is 7. The van der Waals surface area contributed by atoms with E-state index in [0.717, 1.165) is 45.8 Å². The third-order valence-corrected chi connectivity index (χ3v) is 3.64. The van der Waals surface area contributed by atoms with E-state index in [4.69, 9.17) is 16.3 Å². The van der Waals surface area contributed by atoms with Crippen LogP contribution < -0.4 is 5.32 Å². The maximum Gasteiger partial charge on any atom is 0.176 e. The molecule has 1 aliphatic heterocycles. The number of ketones is 1. The molecule has 1 N–H and O–H groups in total. The molecule has 20 heavy (non-hydrogen) atoms. The smallest absolute Gasteiger partial charge is 0.176 e. The number of nitrogens with zero attached hydrogens (tertiary/aromatic N) is 1.